The first kappa shape index (κ1) is 10.9. The van der Waals surface area contributed by atoms with Crippen molar-refractivity contribution >= 4 is 23.2 Å². The Kier molecular flexibility index (Phi) is 2.78. The summed E-state index contributed by atoms with van der Waals surface area (Å²) >= 11 is 5.66. The van der Waals surface area contributed by atoms with Crippen molar-refractivity contribution in [2.75, 3.05) is 7.11 Å². The van der Waals surface area contributed by atoms with Gasteiger partial charge in [-0.2, -0.15) is 0 Å². The number of hydrogen-bond donors (Lipinski definition) is 0. The van der Waals surface area contributed by atoms with Crippen LogP contribution in [0.5, 0.6) is 0 Å². The molecule has 2 aromatic rings. The zero-order chi connectivity index (χ0) is 11.7. The van der Waals surface area contributed by atoms with Crippen LogP contribution in [0.25, 0.3) is 5.65 Å². The maximum absolute atomic E-state index is 11.5. The van der Waals surface area contributed by atoms with Crippen LogP contribution in [0.15, 0.2) is 12.1 Å². The summed E-state index contributed by atoms with van der Waals surface area (Å²) in [4.78, 5) is 15.7. The zero-order valence-electron chi connectivity index (χ0n) is 8.90. The molecule has 0 atom stereocenters. The Balaban J connectivity index is 2.72. The summed E-state index contributed by atoms with van der Waals surface area (Å²) in [5.74, 6) is 0.265. The number of methoxy groups -OCH3 is 1. The van der Waals surface area contributed by atoms with Gasteiger partial charge in [-0.15, -0.1) is 16.7 Å². The highest BCUT2D eigenvalue weighted by molar-refractivity contribution is 6.16. The molecule has 0 bridgehead atoms. The monoisotopic (exact) mass is 239 g/mol. The highest BCUT2D eigenvalue weighted by atomic mass is 35.5. The molecule has 0 saturated carbocycles. The first-order valence-corrected chi connectivity index (χ1v) is 5.20. The molecule has 0 spiro atoms. The van der Waals surface area contributed by atoms with Crippen LogP contribution in [0, 0.1) is 6.92 Å². The SMILES string of the molecule is COC(=O)c1ccc(C)n2nc(CCl)nc12. The predicted molar refractivity (Wildman–Crippen MR) is 58.6 cm³/mol. The smallest absolute Gasteiger partial charge is 0.341 e. The molecule has 84 valence electrons. The van der Waals surface area contributed by atoms with Crippen molar-refractivity contribution in [3.05, 3.63) is 29.2 Å². The first-order chi connectivity index (χ1) is 7.67. The molecule has 0 N–H and O–H groups in total. The van der Waals surface area contributed by atoms with Gasteiger partial charge in [0.25, 0.3) is 0 Å². The second-order valence-electron chi connectivity index (χ2n) is 3.28. The second-order valence-corrected chi connectivity index (χ2v) is 3.54. The third-order valence-electron chi connectivity index (χ3n) is 2.24. The number of carbonyl (C=O) groups excluding carboxylic acids is 1. The fraction of sp³-hybridized carbons (Fsp3) is 0.300. The Morgan fingerprint density at radius 1 is 1.56 bits per heavy atom. The maximum Gasteiger partial charge on any atom is 0.341 e. The molecule has 5 nitrogen and oxygen atoms in total. The van der Waals surface area contributed by atoms with Crippen LogP contribution < -0.4 is 0 Å². The lowest BCUT2D eigenvalue weighted by Crippen LogP contribution is -2.06. The topological polar surface area (TPSA) is 56.5 Å². The third-order valence-corrected chi connectivity index (χ3v) is 2.48. The summed E-state index contributed by atoms with van der Waals surface area (Å²) in [5.41, 5.74) is 1.74. The van der Waals surface area contributed by atoms with Gasteiger partial charge < -0.3 is 4.74 Å². The minimum atomic E-state index is -0.432. The summed E-state index contributed by atoms with van der Waals surface area (Å²) in [7, 11) is 1.33. The van der Waals surface area contributed by atoms with Gasteiger partial charge in [-0.25, -0.2) is 14.3 Å². The molecule has 0 aliphatic carbocycles. The average Bonchev–Trinajstić information content (AvgIpc) is 2.73. The van der Waals surface area contributed by atoms with Crippen molar-refractivity contribution in [1.82, 2.24) is 14.6 Å². The summed E-state index contributed by atoms with van der Waals surface area (Å²) in [6.45, 7) is 1.88. The molecule has 0 aliphatic heterocycles. The van der Waals surface area contributed by atoms with Crippen LogP contribution in [-0.2, 0) is 10.6 Å². The van der Waals surface area contributed by atoms with Crippen molar-refractivity contribution in [2.45, 2.75) is 12.8 Å². The lowest BCUT2D eigenvalue weighted by Gasteiger charge is -2.02. The zero-order valence-corrected chi connectivity index (χ0v) is 9.65. The fourth-order valence-corrected chi connectivity index (χ4v) is 1.56. The lowest BCUT2D eigenvalue weighted by molar-refractivity contribution is 0.0602. The number of aryl methyl sites for hydroxylation is 1. The number of alkyl halides is 1. The van der Waals surface area contributed by atoms with Crippen molar-refractivity contribution in [2.24, 2.45) is 0 Å². The Morgan fingerprint density at radius 2 is 2.31 bits per heavy atom. The van der Waals surface area contributed by atoms with E-state index < -0.39 is 5.97 Å². The molecular weight excluding hydrogens is 230 g/mol. The molecule has 0 radical (unpaired) electrons. The van der Waals surface area contributed by atoms with E-state index in [0.29, 0.717) is 17.0 Å². The van der Waals surface area contributed by atoms with Crippen molar-refractivity contribution in [3.8, 4) is 0 Å². The summed E-state index contributed by atoms with van der Waals surface area (Å²) in [5, 5.41) is 4.17. The van der Waals surface area contributed by atoms with Gasteiger partial charge in [0.15, 0.2) is 11.5 Å². The molecule has 0 fully saturated rings. The largest absolute Gasteiger partial charge is 0.465 e. The number of aromatic nitrogens is 3. The molecule has 16 heavy (non-hydrogen) atoms. The number of rotatable bonds is 2. The Labute approximate surface area is 97.0 Å². The normalized spacial score (nSPS) is 10.7. The maximum atomic E-state index is 11.5. The van der Waals surface area contributed by atoms with Crippen LogP contribution >= 0.6 is 11.6 Å². The van der Waals surface area contributed by atoms with Crippen molar-refractivity contribution in [3.63, 3.8) is 0 Å². The van der Waals surface area contributed by atoms with Crippen LogP contribution in [0.2, 0.25) is 0 Å². The number of fused-ring (bicyclic) bond motifs is 1. The van der Waals surface area contributed by atoms with Gasteiger partial charge in [-0.05, 0) is 19.1 Å². The number of carbonyl (C=O) groups is 1. The number of halogens is 1. The Hall–Kier alpha value is -1.62. The van der Waals surface area contributed by atoms with Crippen molar-refractivity contribution < 1.29 is 9.53 Å². The summed E-state index contributed by atoms with van der Waals surface area (Å²) in [6.07, 6.45) is 0. The van der Waals surface area contributed by atoms with Crippen LogP contribution in [-0.4, -0.2) is 27.7 Å². The van der Waals surface area contributed by atoms with E-state index >= 15 is 0 Å². The summed E-state index contributed by atoms with van der Waals surface area (Å²) in [6, 6.07) is 3.45. The van der Waals surface area contributed by atoms with Gasteiger partial charge in [-0.3, -0.25) is 0 Å². The number of esters is 1. The van der Waals surface area contributed by atoms with E-state index in [0.717, 1.165) is 5.69 Å². The molecule has 6 heteroatoms. The van der Waals surface area contributed by atoms with E-state index in [1.54, 1.807) is 16.6 Å². The van der Waals surface area contributed by atoms with E-state index in [-0.39, 0.29) is 5.88 Å². The Bertz CT molecular complexity index is 550. The van der Waals surface area contributed by atoms with Gasteiger partial charge in [0.1, 0.15) is 5.56 Å². The highest BCUT2D eigenvalue weighted by Crippen LogP contribution is 2.13. The van der Waals surface area contributed by atoms with Gasteiger partial charge in [0.05, 0.1) is 13.0 Å². The molecule has 0 amide bonds. The van der Waals surface area contributed by atoms with Crippen LogP contribution in [0.4, 0.5) is 0 Å². The Morgan fingerprint density at radius 3 is 2.94 bits per heavy atom. The van der Waals surface area contributed by atoms with E-state index in [4.69, 9.17) is 11.6 Å². The number of pyridine rings is 1. The lowest BCUT2D eigenvalue weighted by atomic mass is 10.2. The molecule has 0 unspecified atom stereocenters. The molecule has 2 rings (SSSR count). The van der Waals surface area contributed by atoms with Crippen molar-refractivity contribution in [1.29, 1.82) is 0 Å². The van der Waals surface area contributed by atoms with E-state index in [9.17, 15) is 4.79 Å². The minimum absolute atomic E-state index is 0.210. The molecule has 0 aliphatic rings. The molecule has 0 aromatic carbocycles. The minimum Gasteiger partial charge on any atom is -0.465 e. The second kappa shape index (κ2) is 4.09. The van der Waals surface area contributed by atoms with E-state index in [1.165, 1.54) is 7.11 Å². The quantitative estimate of drug-likeness (QED) is 0.590. The molecular formula is C10H10ClN3O2. The van der Waals surface area contributed by atoms with Gasteiger partial charge >= 0.3 is 5.97 Å². The molecule has 2 aromatic heterocycles. The highest BCUT2D eigenvalue weighted by Gasteiger charge is 2.15. The van der Waals surface area contributed by atoms with Gasteiger partial charge in [0, 0.05) is 5.69 Å². The number of nitrogens with zero attached hydrogens (tertiary/aromatic N) is 3. The molecule has 0 saturated heterocycles. The van der Waals surface area contributed by atoms with Crippen LogP contribution in [0.1, 0.15) is 21.9 Å². The molecule has 2 heterocycles. The number of hydrogen-bond acceptors (Lipinski definition) is 4. The standard InChI is InChI=1S/C10H10ClN3O2/c1-6-3-4-7(10(15)16-2)9-12-8(5-11)13-14(6)9/h3-4H,5H2,1-2H3. The average molecular weight is 240 g/mol. The first-order valence-electron chi connectivity index (χ1n) is 4.67. The van der Waals surface area contributed by atoms with Gasteiger partial charge in [0.2, 0.25) is 0 Å². The van der Waals surface area contributed by atoms with Crippen LogP contribution in [0.3, 0.4) is 0 Å². The van der Waals surface area contributed by atoms with Gasteiger partial charge in [-0.1, -0.05) is 0 Å². The fourth-order valence-electron chi connectivity index (χ4n) is 1.45. The summed E-state index contributed by atoms with van der Waals surface area (Å²) < 4.78 is 6.26. The van der Waals surface area contributed by atoms with E-state index in [2.05, 4.69) is 14.8 Å². The number of ether oxygens (including phenoxy) is 1. The van der Waals surface area contributed by atoms with E-state index in [1.807, 2.05) is 6.92 Å². The third kappa shape index (κ3) is 1.63. The predicted octanol–water partition coefficient (Wildman–Crippen LogP) is 1.56.